The summed E-state index contributed by atoms with van der Waals surface area (Å²) < 4.78 is 14.5. The van der Waals surface area contributed by atoms with Crippen molar-refractivity contribution in [3.63, 3.8) is 0 Å². The lowest BCUT2D eigenvalue weighted by atomic mass is 10.00. The Kier molecular flexibility index (Phi) is 8.81. The number of amides is 2. The molecule has 0 spiro atoms. The molecule has 0 bridgehead atoms. The molecule has 3 N–H and O–H groups in total. The topological polar surface area (TPSA) is 97.6 Å². The van der Waals surface area contributed by atoms with Crippen LogP contribution in [0, 0.1) is 0 Å². The standard InChI is InChI=1S/C29H28Cl2N4O4/c30-26-27(31)35(18-33-26)16-24-14-25(21-8-6-20(17-36)7-9-21)39-28(38-24)22-10-12-23(13-11-22)34-29(37)32-15-19-4-2-1-3-5-19/h1-13,18,24-25,28,36H,14-17H2,(H2,32,34,37)/t24-,25+,28+/m0/s1. The molecule has 39 heavy (non-hydrogen) atoms. The smallest absolute Gasteiger partial charge is 0.319 e. The molecule has 1 aromatic heterocycles. The Bertz CT molecular complexity index is 1380. The van der Waals surface area contributed by atoms with E-state index in [1.54, 1.807) is 10.9 Å². The quantitative estimate of drug-likeness (QED) is 0.234. The highest BCUT2D eigenvalue weighted by atomic mass is 35.5. The summed E-state index contributed by atoms with van der Waals surface area (Å²) in [4.78, 5) is 16.4. The number of imidazole rings is 1. The molecule has 0 radical (unpaired) electrons. The van der Waals surface area contributed by atoms with Gasteiger partial charge >= 0.3 is 6.03 Å². The summed E-state index contributed by atoms with van der Waals surface area (Å²) in [6, 6.07) is 24.5. The van der Waals surface area contributed by atoms with E-state index < -0.39 is 6.29 Å². The number of carbonyl (C=O) groups excluding carboxylic acids is 1. The van der Waals surface area contributed by atoms with E-state index in [-0.39, 0.29) is 30.0 Å². The Labute approximate surface area is 236 Å². The van der Waals surface area contributed by atoms with Gasteiger partial charge in [-0.15, -0.1) is 0 Å². The Hall–Kier alpha value is -3.40. The highest BCUT2D eigenvalue weighted by Gasteiger charge is 2.33. The average molecular weight is 567 g/mol. The zero-order valence-electron chi connectivity index (χ0n) is 21.0. The van der Waals surface area contributed by atoms with Crippen molar-refractivity contribution >= 4 is 34.9 Å². The number of nitrogens with zero attached hydrogens (tertiary/aromatic N) is 2. The number of urea groups is 1. The van der Waals surface area contributed by atoms with Crippen LogP contribution in [0.1, 0.15) is 41.1 Å². The number of anilines is 1. The van der Waals surface area contributed by atoms with Gasteiger partial charge in [0.2, 0.25) is 0 Å². The molecular formula is C29H28Cl2N4O4. The molecule has 202 valence electrons. The van der Waals surface area contributed by atoms with Gasteiger partial charge in [-0.05, 0) is 28.8 Å². The Morgan fingerprint density at radius 3 is 2.33 bits per heavy atom. The van der Waals surface area contributed by atoms with Crippen LogP contribution < -0.4 is 10.6 Å². The maximum absolute atomic E-state index is 12.3. The third kappa shape index (κ3) is 6.98. The molecule has 8 nitrogen and oxygen atoms in total. The fraction of sp³-hybridized carbons (Fsp3) is 0.241. The number of carbonyl (C=O) groups is 1. The van der Waals surface area contributed by atoms with Crippen LogP contribution in [0.15, 0.2) is 85.2 Å². The molecule has 5 rings (SSSR count). The first kappa shape index (κ1) is 27.2. The van der Waals surface area contributed by atoms with E-state index in [9.17, 15) is 9.90 Å². The lowest BCUT2D eigenvalue weighted by Gasteiger charge is -2.36. The maximum Gasteiger partial charge on any atom is 0.319 e. The molecule has 3 atom stereocenters. The van der Waals surface area contributed by atoms with Crippen molar-refractivity contribution in [1.82, 2.24) is 14.9 Å². The lowest BCUT2D eigenvalue weighted by Crippen LogP contribution is -2.32. The van der Waals surface area contributed by atoms with E-state index >= 15 is 0 Å². The zero-order chi connectivity index (χ0) is 27.2. The third-order valence-corrected chi connectivity index (χ3v) is 7.25. The van der Waals surface area contributed by atoms with Crippen LogP contribution in [0.25, 0.3) is 0 Å². The predicted octanol–water partition coefficient (Wildman–Crippen LogP) is 6.25. The number of aliphatic hydroxyl groups excluding tert-OH is 1. The predicted molar refractivity (Wildman–Crippen MR) is 149 cm³/mol. The van der Waals surface area contributed by atoms with Crippen LogP contribution in [-0.2, 0) is 29.2 Å². The Morgan fingerprint density at radius 2 is 1.67 bits per heavy atom. The lowest BCUT2D eigenvalue weighted by molar-refractivity contribution is -0.252. The summed E-state index contributed by atoms with van der Waals surface area (Å²) >= 11 is 12.3. The van der Waals surface area contributed by atoms with E-state index in [0.29, 0.717) is 30.4 Å². The number of ether oxygens (including phenoxy) is 2. The summed E-state index contributed by atoms with van der Waals surface area (Å²) in [6.45, 7) is 0.859. The molecular weight excluding hydrogens is 539 g/mol. The van der Waals surface area contributed by atoms with Gasteiger partial charge in [-0.2, -0.15) is 0 Å². The van der Waals surface area contributed by atoms with Gasteiger partial charge in [0.05, 0.1) is 31.7 Å². The van der Waals surface area contributed by atoms with E-state index in [1.807, 2.05) is 78.9 Å². The van der Waals surface area contributed by atoms with Crippen molar-refractivity contribution in [2.24, 2.45) is 0 Å². The van der Waals surface area contributed by atoms with Crippen molar-refractivity contribution in [2.75, 3.05) is 5.32 Å². The highest BCUT2D eigenvalue weighted by Crippen LogP contribution is 2.39. The van der Waals surface area contributed by atoms with Crippen molar-refractivity contribution in [3.8, 4) is 0 Å². The first-order valence-electron chi connectivity index (χ1n) is 12.5. The van der Waals surface area contributed by atoms with E-state index in [4.69, 9.17) is 32.7 Å². The minimum atomic E-state index is -0.648. The van der Waals surface area contributed by atoms with Crippen LogP contribution in [-0.4, -0.2) is 26.8 Å². The number of nitrogens with one attached hydrogen (secondary N) is 2. The van der Waals surface area contributed by atoms with Gasteiger partial charge in [0, 0.05) is 24.2 Å². The minimum absolute atomic E-state index is 0.0231. The second kappa shape index (κ2) is 12.6. The van der Waals surface area contributed by atoms with Crippen molar-refractivity contribution in [2.45, 2.75) is 44.6 Å². The number of hydrogen-bond donors (Lipinski definition) is 3. The van der Waals surface area contributed by atoms with Gasteiger partial charge in [-0.1, -0.05) is 89.9 Å². The summed E-state index contributed by atoms with van der Waals surface area (Å²) in [5.74, 6) is 0. The van der Waals surface area contributed by atoms with Gasteiger partial charge < -0.3 is 29.8 Å². The molecule has 0 saturated carbocycles. The molecule has 2 heterocycles. The number of halogens is 2. The maximum atomic E-state index is 12.3. The summed E-state index contributed by atoms with van der Waals surface area (Å²) in [7, 11) is 0. The second-order valence-corrected chi connectivity index (χ2v) is 9.96. The number of hydrogen-bond acceptors (Lipinski definition) is 5. The average Bonchev–Trinajstić information content (AvgIpc) is 3.29. The minimum Gasteiger partial charge on any atom is -0.392 e. The fourth-order valence-electron chi connectivity index (χ4n) is 4.40. The van der Waals surface area contributed by atoms with Crippen molar-refractivity contribution in [1.29, 1.82) is 0 Å². The molecule has 3 aromatic carbocycles. The molecule has 4 aromatic rings. The molecule has 1 aliphatic rings. The normalized spacial score (nSPS) is 19.0. The first-order valence-corrected chi connectivity index (χ1v) is 13.3. The van der Waals surface area contributed by atoms with Gasteiger partial charge in [-0.3, -0.25) is 0 Å². The van der Waals surface area contributed by atoms with E-state index in [0.717, 1.165) is 22.3 Å². The Balaban J connectivity index is 1.28. The van der Waals surface area contributed by atoms with Crippen LogP contribution in [0.3, 0.4) is 0 Å². The first-order chi connectivity index (χ1) is 19.0. The third-order valence-electron chi connectivity index (χ3n) is 6.48. The van der Waals surface area contributed by atoms with Gasteiger partial charge in [0.1, 0.15) is 5.15 Å². The highest BCUT2D eigenvalue weighted by molar-refractivity contribution is 6.40. The Morgan fingerprint density at radius 1 is 0.949 bits per heavy atom. The number of aromatic nitrogens is 2. The number of aliphatic hydroxyl groups is 1. The second-order valence-electron chi connectivity index (χ2n) is 9.24. The molecule has 1 saturated heterocycles. The molecule has 2 amide bonds. The van der Waals surface area contributed by atoms with E-state index in [2.05, 4.69) is 15.6 Å². The van der Waals surface area contributed by atoms with Crippen molar-refractivity contribution < 1.29 is 19.4 Å². The molecule has 0 unspecified atom stereocenters. The number of benzene rings is 3. The SMILES string of the molecule is O=C(NCc1ccccc1)Nc1ccc([C@@H]2O[C@H](Cn3cnc(Cl)c3Cl)C[C@H](c3ccc(CO)cc3)O2)cc1. The van der Waals surface area contributed by atoms with Crippen LogP contribution >= 0.6 is 23.2 Å². The van der Waals surface area contributed by atoms with Crippen LogP contribution in [0.5, 0.6) is 0 Å². The molecule has 10 heteroatoms. The molecule has 1 fully saturated rings. The number of rotatable bonds is 8. The van der Waals surface area contributed by atoms with Crippen molar-refractivity contribution in [3.05, 3.63) is 118 Å². The molecule has 0 aliphatic carbocycles. The van der Waals surface area contributed by atoms with Gasteiger partial charge in [0.25, 0.3) is 0 Å². The summed E-state index contributed by atoms with van der Waals surface area (Å²) in [6.07, 6.45) is 1.04. The summed E-state index contributed by atoms with van der Waals surface area (Å²) in [5, 5.41) is 15.7. The summed E-state index contributed by atoms with van der Waals surface area (Å²) in [5.41, 5.74) is 4.28. The van der Waals surface area contributed by atoms with Crippen LogP contribution in [0.2, 0.25) is 10.3 Å². The van der Waals surface area contributed by atoms with E-state index in [1.165, 1.54) is 0 Å². The van der Waals surface area contributed by atoms with Crippen LogP contribution in [0.4, 0.5) is 10.5 Å². The largest absolute Gasteiger partial charge is 0.392 e. The fourth-order valence-corrected chi connectivity index (χ4v) is 4.71. The zero-order valence-corrected chi connectivity index (χ0v) is 22.5. The van der Waals surface area contributed by atoms with Gasteiger partial charge in [-0.25, -0.2) is 9.78 Å². The monoisotopic (exact) mass is 566 g/mol. The molecule has 1 aliphatic heterocycles. The van der Waals surface area contributed by atoms with Gasteiger partial charge in [0.15, 0.2) is 11.4 Å².